The van der Waals surface area contributed by atoms with Crippen LogP contribution in [-0.4, -0.2) is 25.5 Å². The first-order valence-electron chi connectivity index (χ1n) is 12.0. The summed E-state index contributed by atoms with van der Waals surface area (Å²) < 4.78 is 33.5. The van der Waals surface area contributed by atoms with E-state index in [1.807, 2.05) is 66.7 Å². The molecule has 37 heavy (non-hydrogen) atoms. The van der Waals surface area contributed by atoms with E-state index >= 15 is 0 Å². The van der Waals surface area contributed by atoms with Crippen LogP contribution in [-0.2, 0) is 21.4 Å². The van der Waals surface area contributed by atoms with Crippen LogP contribution in [0.15, 0.2) is 108 Å². The van der Waals surface area contributed by atoms with Crippen molar-refractivity contribution >= 4 is 16.0 Å². The van der Waals surface area contributed by atoms with Crippen molar-refractivity contribution in [3.05, 3.63) is 109 Å². The number of ether oxygens (including phenoxy) is 1. The summed E-state index contributed by atoms with van der Waals surface area (Å²) in [4.78, 5) is 11.4. The molecule has 0 bridgehead atoms. The molecule has 4 rings (SSSR count). The van der Waals surface area contributed by atoms with Crippen LogP contribution in [0.3, 0.4) is 0 Å². The molecule has 0 saturated heterocycles. The fourth-order valence-electron chi connectivity index (χ4n) is 3.87. The van der Waals surface area contributed by atoms with E-state index in [1.54, 1.807) is 26.0 Å². The van der Waals surface area contributed by atoms with Gasteiger partial charge in [0.15, 0.2) is 0 Å². The Hall–Kier alpha value is -3.94. The molecule has 4 aromatic rings. The fraction of sp³-hybridized carbons (Fsp3) is 0.167. The van der Waals surface area contributed by atoms with Gasteiger partial charge in [0.05, 0.1) is 4.90 Å². The average Bonchev–Trinajstić information content (AvgIpc) is 2.91. The summed E-state index contributed by atoms with van der Waals surface area (Å²) >= 11 is 0. The van der Waals surface area contributed by atoms with E-state index in [0.717, 1.165) is 33.6 Å². The highest BCUT2D eigenvalue weighted by molar-refractivity contribution is 7.89. The fourth-order valence-corrected chi connectivity index (χ4v) is 5.21. The summed E-state index contributed by atoms with van der Waals surface area (Å²) in [7, 11) is -3.95. The standard InChI is InChI=1S/C30H29NO5S/c1-21(2)29(30(32)33)31-37(34,35)28-18-14-26(15-19-28)24-10-8-22(9-11-24)20-36-27-16-12-25(13-17-27)23-6-4-3-5-7-23/h3-19,21,29,31H,20H2,1-2H3,(H,32,33)/t29-/m1/s1. The molecule has 0 fully saturated rings. The summed E-state index contributed by atoms with van der Waals surface area (Å²) in [6.07, 6.45) is 0. The van der Waals surface area contributed by atoms with Gasteiger partial charge in [-0.2, -0.15) is 4.72 Å². The third-order valence-corrected chi connectivity index (χ3v) is 7.49. The van der Waals surface area contributed by atoms with Crippen molar-refractivity contribution in [3.63, 3.8) is 0 Å². The number of sulfonamides is 1. The molecule has 190 valence electrons. The van der Waals surface area contributed by atoms with Crippen LogP contribution < -0.4 is 9.46 Å². The second kappa shape index (κ2) is 11.4. The number of aliphatic carboxylic acids is 1. The number of nitrogens with one attached hydrogen (secondary N) is 1. The van der Waals surface area contributed by atoms with Gasteiger partial charge in [-0.1, -0.05) is 92.7 Å². The van der Waals surface area contributed by atoms with Gasteiger partial charge < -0.3 is 9.84 Å². The molecule has 7 heteroatoms. The van der Waals surface area contributed by atoms with Gasteiger partial charge in [0, 0.05) is 0 Å². The zero-order valence-corrected chi connectivity index (χ0v) is 21.5. The lowest BCUT2D eigenvalue weighted by molar-refractivity contribution is -0.140. The molecular formula is C30H29NO5S. The van der Waals surface area contributed by atoms with E-state index in [4.69, 9.17) is 4.74 Å². The van der Waals surface area contributed by atoms with Crippen LogP contribution in [0.25, 0.3) is 22.3 Å². The maximum absolute atomic E-state index is 12.6. The molecule has 1 atom stereocenters. The van der Waals surface area contributed by atoms with Gasteiger partial charge in [0.1, 0.15) is 18.4 Å². The van der Waals surface area contributed by atoms with Gasteiger partial charge in [-0.3, -0.25) is 4.79 Å². The second-order valence-electron chi connectivity index (χ2n) is 9.08. The van der Waals surface area contributed by atoms with Crippen LogP contribution in [0.5, 0.6) is 5.75 Å². The molecule has 0 aliphatic rings. The monoisotopic (exact) mass is 515 g/mol. The number of benzene rings is 4. The molecule has 0 aliphatic carbocycles. The van der Waals surface area contributed by atoms with E-state index in [1.165, 1.54) is 12.1 Å². The number of hydrogen-bond acceptors (Lipinski definition) is 4. The Morgan fingerprint density at radius 1 is 0.757 bits per heavy atom. The Morgan fingerprint density at radius 3 is 1.76 bits per heavy atom. The number of rotatable bonds is 10. The first-order valence-corrected chi connectivity index (χ1v) is 13.4. The minimum atomic E-state index is -3.95. The molecule has 6 nitrogen and oxygen atoms in total. The normalized spacial score (nSPS) is 12.3. The topological polar surface area (TPSA) is 92.7 Å². The predicted molar refractivity (Wildman–Crippen MR) is 145 cm³/mol. The van der Waals surface area contributed by atoms with Crippen LogP contribution in [0.4, 0.5) is 0 Å². The average molecular weight is 516 g/mol. The molecule has 0 heterocycles. The van der Waals surface area contributed by atoms with Gasteiger partial charge in [0.2, 0.25) is 10.0 Å². The number of carboxylic acid groups (broad SMARTS) is 1. The van der Waals surface area contributed by atoms with E-state index in [-0.39, 0.29) is 10.8 Å². The van der Waals surface area contributed by atoms with Gasteiger partial charge >= 0.3 is 5.97 Å². The van der Waals surface area contributed by atoms with Gasteiger partial charge in [-0.25, -0.2) is 8.42 Å². The zero-order chi connectivity index (χ0) is 26.4. The summed E-state index contributed by atoms with van der Waals surface area (Å²) in [5.74, 6) is -0.803. The van der Waals surface area contributed by atoms with Crippen molar-refractivity contribution in [2.24, 2.45) is 5.92 Å². The van der Waals surface area contributed by atoms with E-state index in [2.05, 4.69) is 16.9 Å². The summed E-state index contributed by atoms with van der Waals surface area (Å²) in [6.45, 7) is 3.73. The lowest BCUT2D eigenvalue weighted by Crippen LogP contribution is -2.44. The van der Waals surface area contributed by atoms with E-state index in [0.29, 0.717) is 6.61 Å². The summed E-state index contributed by atoms with van der Waals surface area (Å²) in [5.41, 5.74) is 5.08. The van der Waals surface area contributed by atoms with Gasteiger partial charge in [-0.15, -0.1) is 0 Å². The molecule has 0 aliphatic heterocycles. The third-order valence-electron chi connectivity index (χ3n) is 6.03. The Kier molecular flexibility index (Phi) is 8.06. The van der Waals surface area contributed by atoms with Crippen molar-refractivity contribution in [3.8, 4) is 28.0 Å². The van der Waals surface area contributed by atoms with Crippen molar-refractivity contribution in [1.82, 2.24) is 4.72 Å². The Labute approximate surface area is 217 Å². The SMILES string of the molecule is CC(C)[C@@H](NS(=O)(=O)c1ccc(-c2ccc(COc3ccc(-c4ccccc4)cc3)cc2)cc1)C(=O)O. The molecule has 0 unspecified atom stereocenters. The third kappa shape index (κ3) is 6.64. The van der Waals surface area contributed by atoms with Crippen molar-refractivity contribution in [2.45, 2.75) is 31.4 Å². The highest BCUT2D eigenvalue weighted by Gasteiger charge is 2.27. The molecule has 0 aromatic heterocycles. The first-order chi connectivity index (χ1) is 17.7. The quantitative estimate of drug-likeness (QED) is 0.271. The van der Waals surface area contributed by atoms with Crippen LogP contribution >= 0.6 is 0 Å². The van der Waals surface area contributed by atoms with E-state index < -0.39 is 22.0 Å². The molecule has 0 amide bonds. The van der Waals surface area contributed by atoms with Crippen LogP contribution in [0.1, 0.15) is 19.4 Å². The van der Waals surface area contributed by atoms with Crippen LogP contribution in [0, 0.1) is 5.92 Å². The Balaban J connectivity index is 1.37. The molecule has 0 saturated carbocycles. The molecule has 0 radical (unpaired) electrons. The van der Waals surface area contributed by atoms with Crippen molar-refractivity contribution in [2.75, 3.05) is 0 Å². The molecule has 4 aromatic carbocycles. The minimum Gasteiger partial charge on any atom is -0.489 e. The summed E-state index contributed by atoms with van der Waals surface area (Å²) in [5, 5.41) is 9.29. The maximum Gasteiger partial charge on any atom is 0.322 e. The predicted octanol–water partition coefficient (Wildman–Crippen LogP) is 5.99. The van der Waals surface area contributed by atoms with Crippen molar-refractivity contribution in [1.29, 1.82) is 0 Å². The van der Waals surface area contributed by atoms with Gasteiger partial charge in [0.25, 0.3) is 0 Å². The number of carbonyl (C=O) groups is 1. The smallest absolute Gasteiger partial charge is 0.322 e. The van der Waals surface area contributed by atoms with E-state index in [9.17, 15) is 18.3 Å². The highest BCUT2D eigenvalue weighted by Crippen LogP contribution is 2.25. The Bertz CT molecular complexity index is 1430. The lowest BCUT2D eigenvalue weighted by Gasteiger charge is -2.18. The maximum atomic E-state index is 12.6. The first kappa shape index (κ1) is 26.1. The van der Waals surface area contributed by atoms with Crippen LogP contribution in [0.2, 0.25) is 0 Å². The highest BCUT2D eigenvalue weighted by atomic mass is 32.2. The number of hydrogen-bond donors (Lipinski definition) is 2. The lowest BCUT2D eigenvalue weighted by atomic mass is 10.0. The molecule has 0 spiro atoms. The largest absolute Gasteiger partial charge is 0.489 e. The number of carboxylic acids is 1. The Morgan fingerprint density at radius 2 is 1.24 bits per heavy atom. The molecular weight excluding hydrogens is 486 g/mol. The zero-order valence-electron chi connectivity index (χ0n) is 20.7. The van der Waals surface area contributed by atoms with Gasteiger partial charge in [-0.05, 0) is 58.0 Å². The second-order valence-corrected chi connectivity index (χ2v) is 10.8. The van der Waals surface area contributed by atoms with Crippen molar-refractivity contribution < 1.29 is 23.1 Å². The summed E-state index contributed by atoms with van der Waals surface area (Å²) in [6, 6.07) is 31.2. The minimum absolute atomic E-state index is 0.0199. The molecule has 2 N–H and O–H groups in total.